The Balaban J connectivity index is 1.93. The summed E-state index contributed by atoms with van der Waals surface area (Å²) in [6, 6.07) is 8.57. The zero-order chi connectivity index (χ0) is 12.1. The van der Waals surface area contributed by atoms with Crippen LogP contribution in [0.2, 0.25) is 0 Å². The van der Waals surface area contributed by atoms with Gasteiger partial charge in [-0.1, -0.05) is 25.1 Å². The molecule has 0 fully saturated rings. The van der Waals surface area contributed by atoms with Gasteiger partial charge in [0.25, 0.3) is 0 Å². The molecule has 0 amide bonds. The molecule has 1 aromatic rings. The fourth-order valence-electron chi connectivity index (χ4n) is 1.90. The quantitative estimate of drug-likeness (QED) is 0.635. The summed E-state index contributed by atoms with van der Waals surface area (Å²) in [6.07, 6.45) is 1.07. The summed E-state index contributed by atoms with van der Waals surface area (Å²) < 4.78 is 0. The number of hydrogen-bond acceptors (Lipinski definition) is 2. The van der Waals surface area contributed by atoms with Gasteiger partial charge in [-0.3, -0.25) is 4.99 Å². The molecule has 3 nitrogen and oxygen atoms in total. The van der Waals surface area contributed by atoms with E-state index in [2.05, 4.69) is 41.5 Å². The number of thioether (sulfide) groups is 1. The first-order valence-electron chi connectivity index (χ1n) is 6.06. The van der Waals surface area contributed by atoms with Gasteiger partial charge in [0.1, 0.15) is 0 Å². The smallest absolute Gasteiger partial charge is 0.188 e. The fraction of sp³-hybridized carbons (Fsp3) is 0.462. The Kier molecular flexibility index (Phi) is 4.31. The van der Waals surface area contributed by atoms with E-state index < -0.39 is 0 Å². The summed E-state index contributed by atoms with van der Waals surface area (Å²) in [7, 11) is 0. The molecule has 1 unspecified atom stereocenters. The number of nitrogens with two attached hydrogens (primary N) is 1. The van der Waals surface area contributed by atoms with Crippen molar-refractivity contribution in [2.24, 2.45) is 10.7 Å². The maximum absolute atomic E-state index is 5.79. The summed E-state index contributed by atoms with van der Waals surface area (Å²) in [5.74, 6) is 2.20. The van der Waals surface area contributed by atoms with Gasteiger partial charge in [-0.25, -0.2) is 0 Å². The second-order valence-corrected chi connectivity index (χ2v) is 5.26. The Morgan fingerprint density at radius 3 is 3.18 bits per heavy atom. The SMILES string of the molecule is CCCNC(N)=NCC1CSc2ccccc21. The zero-order valence-corrected chi connectivity index (χ0v) is 11.0. The lowest BCUT2D eigenvalue weighted by Crippen LogP contribution is -2.32. The maximum Gasteiger partial charge on any atom is 0.188 e. The van der Waals surface area contributed by atoms with Gasteiger partial charge in [-0.15, -0.1) is 11.8 Å². The van der Waals surface area contributed by atoms with Crippen LogP contribution in [0.1, 0.15) is 24.8 Å². The molecule has 0 spiro atoms. The number of hydrogen-bond donors (Lipinski definition) is 2. The molecule has 1 aliphatic heterocycles. The monoisotopic (exact) mass is 249 g/mol. The van der Waals surface area contributed by atoms with Crippen molar-refractivity contribution < 1.29 is 0 Å². The Morgan fingerprint density at radius 2 is 2.35 bits per heavy atom. The highest BCUT2D eigenvalue weighted by atomic mass is 32.2. The van der Waals surface area contributed by atoms with Gasteiger partial charge < -0.3 is 11.1 Å². The van der Waals surface area contributed by atoms with Crippen molar-refractivity contribution in [3.8, 4) is 0 Å². The number of nitrogens with zero attached hydrogens (tertiary/aromatic N) is 1. The van der Waals surface area contributed by atoms with Crippen LogP contribution in [0.25, 0.3) is 0 Å². The molecule has 17 heavy (non-hydrogen) atoms. The third-order valence-electron chi connectivity index (χ3n) is 2.84. The average Bonchev–Trinajstić information content (AvgIpc) is 2.77. The molecule has 92 valence electrons. The van der Waals surface area contributed by atoms with Crippen molar-refractivity contribution in [2.45, 2.75) is 24.2 Å². The Bertz CT molecular complexity index is 403. The molecular formula is C13H19N3S. The summed E-state index contributed by atoms with van der Waals surface area (Å²) in [4.78, 5) is 5.81. The molecule has 3 N–H and O–H groups in total. The molecule has 0 aromatic heterocycles. The van der Waals surface area contributed by atoms with E-state index in [1.54, 1.807) is 0 Å². The Hall–Kier alpha value is -1.16. The molecular weight excluding hydrogens is 230 g/mol. The van der Waals surface area contributed by atoms with Gasteiger partial charge in [0.05, 0.1) is 6.54 Å². The van der Waals surface area contributed by atoms with Gasteiger partial charge in [0.2, 0.25) is 0 Å². The number of aliphatic imine (C=N–C) groups is 1. The summed E-state index contributed by atoms with van der Waals surface area (Å²) in [5, 5.41) is 3.10. The van der Waals surface area contributed by atoms with Gasteiger partial charge in [-0.2, -0.15) is 0 Å². The van der Waals surface area contributed by atoms with E-state index in [1.165, 1.54) is 10.5 Å². The lowest BCUT2D eigenvalue weighted by molar-refractivity contribution is 0.770. The molecule has 4 heteroatoms. The standard InChI is InChI=1S/C13H19N3S/c1-2-7-15-13(14)16-8-10-9-17-12-6-4-3-5-11(10)12/h3-6,10H,2,7-9H2,1H3,(H3,14,15,16). The van der Waals surface area contributed by atoms with E-state index in [0.29, 0.717) is 11.9 Å². The summed E-state index contributed by atoms with van der Waals surface area (Å²) in [6.45, 7) is 3.79. The molecule has 0 bridgehead atoms. The van der Waals surface area contributed by atoms with E-state index in [9.17, 15) is 0 Å². The highest BCUT2D eigenvalue weighted by Crippen LogP contribution is 2.39. The second-order valence-electron chi connectivity index (χ2n) is 4.20. The fourth-order valence-corrected chi connectivity index (χ4v) is 3.14. The first-order chi connectivity index (χ1) is 8.31. The van der Waals surface area contributed by atoms with Crippen LogP contribution in [0.4, 0.5) is 0 Å². The van der Waals surface area contributed by atoms with Crippen LogP contribution in [-0.2, 0) is 0 Å². The molecule has 1 aromatic carbocycles. The molecule has 2 rings (SSSR count). The minimum Gasteiger partial charge on any atom is -0.370 e. The van der Waals surface area contributed by atoms with E-state index >= 15 is 0 Å². The average molecular weight is 249 g/mol. The number of guanidine groups is 1. The predicted octanol–water partition coefficient (Wildman–Crippen LogP) is 2.19. The first kappa shape index (κ1) is 12.3. The molecule has 1 aliphatic rings. The van der Waals surface area contributed by atoms with Gasteiger partial charge in [0, 0.05) is 23.1 Å². The third kappa shape index (κ3) is 3.16. The topological polar surface area (TPSA) is 50.4 Å². The van der Waals surface area contributed by atoms with E-state index in [-0.39, 0.29) is 0 Å². The van der Waals surface area contributed by atoms with Gasteiger partial charge in [0.15, 0.2) is 5.96 Å². The predicted molar refractivity (Wildman–Crippen MR) is 74.7 cm³/mol. The largest absolute Gasteiger partial charge is 0.370 e. The maximum atomic E-state index is 5.79. The van der Waals surface area contributed by atoms with Crippen molar-refractivity contribution in [3.05, 3.63) is 29.8 Å². The normalized spacial score (nSPS) is 19.1. The summed E-state index contributed by atoms with van der Waals surface area (Å²) >= 11 is 1.92. The Morgan fingerprint density at radius 1 is 1.53 bits per heavy atom. The van der Waals surface area contributed by atoms with Crippen LogP contribution in [0.15, 0.2) is 34.2 Å². The second kappa shape index (κ2) is 5.96. The van der Waals surface area contributed by atoms with E-state index in [4.69, 9.17) is 5.73 Å². The number of rotatable bonds is 4. The van der Waals surface area contributed by atoms with Crippen LogP contribution in [0.5, 0.6) is 0 Å². The van der Waals surface area contributed by atoms with Crippen LogP contribution < -0.4 is 11.1 Å². The lowest BCUT2D eigenvalue weighted by Gasteiger charge is -2.08. The van der Waals surface area contributed by atoms with Crippen LogP contribution in [-0.4, -0.2) is 24.8 Å². The van der Waals surface area contributed by atoms with Gasteiger partial charge >= 0.3 is 0 Å². The summed E-state index contributed by atoms with van der Waals surface area (Å²) in [5.41, 5.74) is 7.21. The van der Waals surface area contributed by atoms with Gasteiger partial charge in [-0.05, 0) is 18.1 Å². The number of fused-ring (bicyclic) bond motifs is 1. The highest BCUT2D eigenvalue weighted by molar-refractivity contribution is 7.99. The zero-order valence-electron chi connectivity index (χ0n) is 10.1. The number of benzene rings is 1. The van der Waals surface area contributed by atoms with E-state index in [0.717, 1.165) is 25.3 Å². The van der Waals surface area contributed by atoms with Crippen molar-refractivity contribution in [3.63, 3.8) is 0 Å². The van der Waals surface area contributed by atoms with Crippen LogP contribution in [0.3, 0.4) is 0 Å². The van der Waals surface area contributed by atoms with Crippen LogP contribution in [0, 0.1) is 0 Å². The highest BCUT2D eigenvalue weighted by Gasteiger charge is 2.21. The Labute approximate surface area is 107 Å². The molecule has 0 saturated carbocycles. The first-order valence-corrected chi connectivity index (χ1v) is 7.05. The van der Waals surface area contributed by atoms with Crippen molar-refractivity contribution in [1.82, 2.24) is 5.32 Å². The number of nitrogens with one attached hydrogen (secondary N) is 1. The molecule has 0 aliphatic carbocycles. The molecule has 0 saturated heterocycles. The molecule has 0 radical (unpaired) electrons. The minimum atomic E-state index is 0.512. The van der Waals surface area contributed by atoms with Crippen molar-refractivity contribution >= 4 is 17.7 Å². The van der Waals surface area contributed by atoms with Crippen molar-refractivity contribution in [2.75, 3.05) is 18.8 Å². The van der Waals surface area contributed by atoms with E-state index in [1.807, 2.05) is 11.8 Å². The molecule has 1 atom stereocenters. The van der Waals surface area contributed by atoms with Crippen LogP contribution >= 0.6 is 11.8 Å². The molecule has 1 heterocycles. The van der Waals surface area contributed by atoms with Crippen molar-refractivity contribution in [1.29, 1.82) is 0 Å². The lowest BCUT2D eigenvalue weighted by atomic mass is 10.0. The minimum absolute atomic E-state index is 0.512. The third-order valence-corrected chi connectivity index (χ3v) is 4.09.